The van der Waals surface area contributed by atoms with Gasteiger partial charge < -0.3 is 11.1 Å². The summed E-state index contributed by atoms with van der Waals surface area (Å²) in [5, 5.41) is 12.2. The van der Waals surface area contributed by atoms with Crippen molar-refractivity contribution in [3.8, 4) is 6.07 Å². The van der Waals surface area contributed by atoms with Crippen LogP contribution in [0.3, 0.4) is 0 Å². The first-order valence-electron chi connectivity index (χ1n) is 5.57. The Labute approximate surface area is 125 Å². The van der Waals surface area contributed by atoms with E-state index in [1.54, 1.807) is 18.2 Å². The van der Waals surface area contributed by atoms with Gasteiger partial charge in [-0.2, -0.15) is 5.26 Å². The fourth-order valence-electron chi connectivity index (χ4n) is 1.60. The minimum absolute atomic E-state index is 0.264. The van der Waals surface area contributed by atoms with E-state index in [2.05, 4.69) is 5.32 Å². The maximum absolute atomic E-state index is 12.1. The third-order valence-electron chi connectivity index (χ3n) is 2.58. The van der Waals surface area contributed by atoms with Crippen molar-refractivity contribution in [3.05, 3.63) is 57.6 Å². The second kappa shape index (κ2) is 5.83. The molecule has 0 aliphatic carbocycles. The summed E-state index contributed by atoms with van der Waals surface area (Å²) < 4.78 is 0. The third-order valence-corrected chi connectivity index (χ3v) is 3.24. The fourth-order valence-corrected chi connectivity index (χ4v) is 1.97. The summed E-state index contributed by atoms with van der Waals surface area (Å²) in [5.41, 5.74) is 7.06. The van der Waals surface area contributed by atoms with Gasteiger partial charge in [-0.05, 0) is 36.4 Å². The maximum atomic E-state index is 12.1. The molecule has 2 aromatic carbocycles. The Kier molecular flexibility index (Phi) is 4.14. The minimum atomic E-state index is -0.409. The number of carbonyl (C=O) groups is 1. The summed E-state index contributed by atoms with van der Waals surface area (Å²) in [5.74, 6) is -0.409. The molecule has 4 nitrogen and oxygen atoms in total. The lowest BCUT2D eigenvalue weighted by Crippen LogP contribution is -2.13. The van der Waals surface area contributed by atoms with Crippen molar-refractivity contribution in [1.82, 2.24) is 0 Å². The Morgan fingerprint density at radius 2 is 1.85 bits per heavy atom. The monoisotopic (exact) mass is 305 g/mol. The predicted octanol–water partition coefficient (Wildman–Crippen LogP) is 3.70. The molecule has 1 amide bonds. The topological polar surface area (TPSA) is 78.9 Å². The molecule has 6 heteroatoms. The summed E-state index contributed by atoms with van der Waals surface area (Å²) in [4.78, 5) is 12.1. The molecule has 100 valence electrons. The molecule has 20 heavy (non-hydrogen) atoms. The molecule has 0 atom stereocenters. The summed E-state index contributed by atoms with van der Waals surface area (Å²) >= 11 is 11.8. The van der Waals surface area contributed by atoms with Crippen LogP contribution in [0.4, 0.5) is 11.4 Å². The Bertz CT molecular complexity index is 723. The van der Waals surface area contributed by atoms with Crippen LogP contribution in [-0.4, -0.2) is 5.91 Å². The summed E-state index contributed by atoms with van der Waals surface area (Å²) in [6.45, 7) is 0. The van der Waals surface area contributed by atoms with Crippen molar-refractivity contribution in [2.75, 3.05) is 11.1 Å². The van der Waals surface area contributed by atoms with E-state index < -0.39 is 5.91 Å². The first-order chi connectivity index (χ1) is 9.51. The first-order valence-corrected chi connectivity index (χ1v) is 6.33. The van der Waals surface area contributed by atoms with Crippen LogP contribution < -0.4 is 11.1 Å². The molecule has 0 heterocycles. The summed E-state index contributed by atoms with van der Waals surface area (Å²) in [6.07, 6.45) is 0. The van der Waals surface area contributed by atoms with Crippen molar-refractivity contribution < 1.29 is 4.79 Å². The molecule has 0 aliphatic heterocycles. The van der Waals surface area contributed by atoms with Crippen LogP contribution in [0.15, 0.2) is 36.4 Å². The number of anilines is 2. The molecule has 2 aromatic rings. The average Bonchev–Trinajstić information content (AvgIpc) is 2.43. The van der Waals surface area contributed by atoms with Gasteiger partial charge in [0.05, 0.1) is 21.2 Å². The van der Waals surface area contributed by atoms with Crippen LogP contribution >= 0.6 is 23.2 Å². The average molecular weight is 306 g/mol. The molecule has 0 fully saturated rings. The predicted molar refractivity (Wildman–Crippen MR) is 80.0 cm³/mol. The van der Waals surface area contributed by atoms with Gasteiger partial charge in [-0.15, -0.1) is 0 Å². The Balaban J connectivity index is 2.28. The second-order valence-corrected chi connectivity index (χ2v) is 4.81. The van der Waals surface area contributed by atoms with Gasteiger partial charge in [0.15, 0.2) is 0 Å². The molecule has 0 saturated heterocycles. The number of benzene rings is 2. The largest absolute Gasteiger partial charge is 0.399 e. The molecule has 0 unspecified atom stereocenters. The van der Waals surface area contributed by atoms with Crippen molar-refractivity contribution in [3.63, 3.8) is 0 Å². The Morgan fingerprint density at radius 3 is 2.55 bits per heavy atom. The number of carbonyl (C=O) groups excluding carboxylic acids is 1. The quantitative estimate of drug-likeness (QED) is 0.830. The highest BCUT2D eigenvalue weighted by atomic mass is 35.5. The van der Waals surface area contributed by atoms with E-state index >= 15 is 0 Å². The number of hydrogen-bond donors (Lipinski definition) is 2. The lowest BCUT2D eigenvalue weighted by molar-refractivity contribution is 0.102. The van der Waals surface area contributed by atoms with Crippen LogP contribution in [0.25, 0.3) is 0 Å². The number of nitrogens with zero attached hydrogens (tertiary/aromatic N) is 1. The van der Waals surface area contributed by atoms with Gasteiger partial charge in [-0.3, -0.25) is 4.79 Å². The molecule has 0 spiro atoms. The van der Waals surface area contributed by atoms with E-state index in [0.29, 0.717) is 21.4 Å². The molecule has 0 saturated carbocycles. The summed E-state index contributed by atoms with van der Waals surface area (Å²) in [7, 11) is 0. The highest BCUT2D eigenvalue weighted by Crippen LogP contribution is 2.23. The van der Waals surface area contributed by atoms with Gasteiger partial charge in [-0.1, -0.05) is 23.2 Å². The van der Waals surface area contributed by atoms with Gasteiger partial charge >= 0.3 is 0 Å². The highest BCUT2D eigenvalue weighted by molar-refractivity contribution is 6.34. The lowest BCUT2D eigenvalue weighted by Gasteiger charge is -2.08. The van der Waals surface area contributed by atoms with Crippen LogP contribution in [0.5, 0.6) is 0 Å². The second-order valence-electron chi connectivity index (χ2n) is 4.00. The zero-order valence-corrected chi connectivity index (χ0v) is 11.7. The number of amides is 1. The minimum Gasteiger partial charge on any atom is -0.399 e. The van der Waals surface area contributed by atoms with Crippen LogP contribution in [-0.2, 0) is 0 Å². The van der Waals surface area contributed by atoms with Crippen LogP contribution in [0.2, 0.25) is 10.0 Å². The lowest BCUT2D eigenvalue weighted by atomic mass is 10.1. The zero-order chi connectivity index (χ0) is 14.7. The standard InChI is InChI=1S/C14H9Cl2N3O/c15-12-4-2-10(5-8(12)7-17)19-14(20)11-6-9(18)1-3-13(11)16/h1-6H,18H2,(H,19,20). The van der Waals surface area contributed by atoms with Crippen molar-refractivity contribution in [2.45, 2.75) is 0 Å². The van der Waals surface area contributed by atoms with Gasteiger partial charge in [0, 0.05) is 11.4 Å². The summed E-state index contributed by atoms with van der Waals surface area (Å²) in [6, 6.07) is 11.2. The zero-order valence-electron chi connectivity index (χ0n) is 10.2. The molecule has 2 rings (SSSR count). The number of nitrogens with two attached hydrogens (primary N) is 1. The van der Waals surface area contributed by atoms with E-state index in [4.69, 9.17) is 34.2 Å². The third kappa shape index (κ3) is 3.02. The number of nitrogen functional groups attached to an aromatic ring is 1. The van der Waals surface area contributed by atoms with Crippen molar-refractivity contribution in [1.29, 1.82) is 5.26 Å². The van der Waals surface area contributed by atoms with Gasteiger partial charge in [0.2, 0.25) is 0 Å². The van der Waals surface area contributed by atoms with Crippen molar-refractivity contribution in [2.24, 2.45) is 0 Å². The fraction of sp³-hybridized carbons (Fsp3) is 0. The van der Waals surface area contributed by atoms with Crippen LogP contribution in [0.1, 0.15) is 15.9 Å². The van der Waals surface area contributed by atoms with E-state index in [0.717, 1.165) is 0 Å². The normalized spacial score (nSPS) is 9.85. The molecule has 0 aliphatic rings. The number of nitriles is 1. The Morgan fingerprint density at radius 1 is 1.15 bits per heavy atom. The maximum Gasteiger partial charge on any atom is 0.257 e. The van der Waals surface area contributed by atoms with E-state index in [-0.39, 0.29) is 11.1 Å². The van der Waals surface area contributed by atoms with E-state index in [9.17, 15) is 4.79 Å². The molecular formula is C14H9Cl2N3O. The number of hydrogen-bond acceptors (Lipinski definition) is 3. The molecule has 0 bridgehead atoms. The number of nitrogens with one attached hydrogen (secondary N) is 1. The smallest absolute Gasteiger partial charge is 0.257 e. The van der Waals surface area contributed by atoms with Gasteiger partial charge in [0.25, 0.3) is 5.91 Å². The number of halogens is 2. The SMILES string of the molecule is N#Cc1cc(NC(=O)c2cc(N)ccc2Cl)ccc1Cl. The first kappa shape index (κ1) is 14.2. The van der Waals surface area contributed by atoms with Gasteiger partial charge in [0.1, 0.15) is 6.07 Å². The molecule has 0 aromatic heterocycles. The van der Waals surface area contributed by atoms with Crippen molar-refractivity contribution >= 4 is 40.5 Å². The van der Waals surface area contributed by atoms with Crippen LogP contribution in [0, 0.1) is 11.3 Å². The Hall–Kier alpha value is -2.22. The molecule has 3 N–H and O–H groups in total. The van der Waals surface area contributed by atoms with E-state index in [1.165, 1.54) is 18.2 Å². The van der Waals surface area contributed by atoms with E-state index in [1.807, 2.05) is 6.07 Å². The number of rotatable bonds is 2. The van der Waals surface area contributed by atoms with Gasteiger partial charge in [-0.25, -0.2) is 0 Å². The molecule has 0 radical (unpaired) electrons. The highest BCUT2D eigenvalue weighted by Gasteiger charge is 2.12. The molecular weight excluding hydrogens is 297 g/mol.